The van der Waals surface area contributed by atoms with Crippen molar-refractivity contribution in [2.45, 2.75) is 10.4 Å². The molecule has 0 unspecified atom stereocenters. The zero-order valence-corrected chi connectivity index (χ0v) is 15.4. The van der Waals surface area contributed by atoms with E-state index in [-0.39, 0.29) is 0 Å². The van der Waals surface area contributed by atoms with E-state index in [1.54, 1.807) is 0 Å². The number of hydrogen-bond acceptors (Lipinski definition) is 4. The Morgan fingerprint density at radius 2 is 1.54 bits per heavy atom. The molecule has 3 rings (SSSR count). The van der Waals surface area contributed by atoms with Gasteiger partial charge in [-0.1, -0.05) is 18.2 Å². The average molecular weight is 404 g/mol. The molecule has 0 saturated heterocycles. The van der Waals surface area contributed by atoms with Crippen molar-refractivity contribution in [1.82, 2.24) is 0 Å². The fourth-order valence-electron chi connectivity index (χ4n) is 2.02. The number of benzene rings is 2. The van der Waals surface area contributed by atoms with Gasteiger partial charge in [0.15, 0.2) is 15.0 Å². The van der Waals surface area contributed by atoms with Crippen LogP contribution in [0.5, 0.6) is 0 Å². The lowest BCUT2D eigenvalue weighted by atomic mass is 10.1. The fourth-order valence-corrected chi connectivity index (χ4v) is 2.70. The van der Waals surface area contributed by atoms with Crippen LogP contribution in [0.1, 0.15) is 0 Å². The maximum absolute atomic E-state index is 10.7. The summed E-state index contributed by atoms with van der Waals surface area (Å²) in [6, 6.07) is 18.9. The normalized spacial score (nSPS) is 12.1. The van der Waals surface area contributed by atoms with Crippen LogP contribution in [0.4, 0.5) is 13.2 Å². The van der Waals surface area contributed by atoms with Gasteiger partial charge < -0.3 is 8.97 Å². The molecule has 0 fully saturated rings. The molecule has 26 heavy (non-hydrogen) atoms. The van der Waals surface area contributed by atoms with Gasteiger partial charge in [-0.05, 0) is 36.4 Å². The molecule has 1 heterocycles. The lowest BCUT2D eigenvalue weighted by Gasteiger charge is -2.08. The van der Waals surface area contributed by atoms with Gasteiger partial charge in [-0.15, -0.1) is 0 Å². The standard InChI is InChI=1S/C16H15OS.CHF3O3S/c1-18(2)14-9-7-12(8-10-14)16-11-13-5-3-4-6-15(13)17-16;2-1(3,4)8(5,6)7/h3-11H,1-2H3;(H,5,6,7)/q+1;/p-1. The van der Waals surface area contributed by atoms with Crippen LogP contribution in [0.15, 0.2) is 63.9 Å². The summed E-state index contributed by atoms with van der Waals surface area (Å²) in [6.07, 6.45) is 4.46. The lowest BCUT2D eigenvalue weighted by molar-refractivity contribution is -0.0517. The van der Waals surface area contributed by atoms with Gasteiger partial charge in [0.2, 0.25) is 0 Å². The van der Waals surface area contributed by atoms with Crippen molar-refractivity contribution in [3.63, 3.8) is 0 Å². The molecule has 0 radical (unpaired) electrons. The van der Waals surface area contributed by atoms with Crippen molar-refractivity contribution in [2.75, 3.05) is 12.5 Å². The summed E-state index contributed by atoms with van der Waals surface area (Å²) in [5.41, 5.74) is -3.56. The van der Waals surface area contributed by atoms with E-state index in [0.717, 1.165) is 22.3 Å². The third kappa shape index (κ3) is 5.03. The van der Waals surface area contributed by atoms with Crippen LogP contribution in [-0.4, -0.2) is 31.0 Å². The van der Waals surface area contributed by atoms with E-state index in [1.807, 2.05) is 18.2 Å². The molecule has 140 valence electrons. The van der Waals surface area contributed by atoms with Crippen LogP contribution in [0, 0.1) is 0 Å². The highest BCUT2D eigenvalue weighted by molar-refractivity contribution is 7.95. The molecule has 0 aliphatic heterocycles. The Morgan fingerprint density at radius 1 is 1.00 bits per heavy atom. The monoisotopic (exact) mass is 404 g/mol. The summed E-state index contributed by atoms with van der Waals surface area (Å²) in [5, 5.41) is 1.15. The average Bonchev–Trinajstić information content (AvgIpc) is 2.97. The van der Waals surface area contributed by atoms with E-state index < -0.39 is 15.6 Å². The summed E-state index contributed by atoms with van der Waals surface area (Å²) in [6.45, 7) is 0. The molecule has 2 aromatic carbocycles. The first-order chi connectivity index (χ1) is 12.0. The molecule has 4 nitrogen and oxygen atoms in total. The summed E-state index contributed by atoms with van der Waals surface area (Å²) in [7, 11) is -5.78. The van der Waals surface area contributed by atoms with Crippen molar-refractivity contribution in [3.05, 3.63) is 54.6 Å². The molecule has 1 aromatic heterocycles. The summed E-state index contributed by atoms with van der Waals surface area (Å²) in [5.74, 6) is 0.940. The maximum Gasteiger partial charge on any atom is 0.485 e. The lowest BCUT2D eigenvalue weighted by Crippen LogP contribution is -2.21. The van der Waals surface area contributed by atoms with Gasteiger partial charge in [-0.3, -0.25) is 0 Å². The topological polar surface area (TPSA) is 70.3 Å². The number of halogens is 3. The van der Waals surface area contributed by atoms with Crippen LogP contribution in [0.2, 0.25) is 0 Å². The number of alkyl halides is 3. The minimum atomic E-state index is -6.09. The van der Waals surface area contributed by atoms with E-state index >= 15 is 0 Å². The van der Waals surface area contributed by atoms with E-state index in [2.05, 4.69) is 48.9 Å². The third-order valence-electron chi connectivity index (χ3n) is 3.32. The minimum Gasteiger partial charge on any atom is -0.741 e. The minimum absolute atomic E-state index is 0.311. The summed E-state index contributed by atoms with van der Waals surface area (Å²) < 4.78 is 64.8. The van der Waals surface area contributed by atoms with Crippen LogP contribution in [0.3, 0.4) is 0 Å². The second-order valence-corrected chi connectivity index (χ2v) is 8.86. The molecule has 0 aliphatic carbocycles. The second-order valence-electron chi connectivity index (χ2n) is 5.39. The largest absolute Gasteiger partial charge is 0.741 e. The Kier molecular flexibility index (Phi) is 6.05. The first-order valence-electron chi connectivity index (χ1n) is 7.18. The molecule has 9 heteroatoms. The maximum atomic E-state index is 10.7. The molecule has 0 saturated carbocycles. The molecular formula is C17H15F3O4S2. The quantitative estimate of drug-likeness (QED) is 0.361. The number of fused-ring (bicyclic) bond motifs is 1. The molecular weight excluding hydrogens is 389 g/mol. The van der Waals surface area contributed by atoms with Crippen molar-refractivity contribution >= 4 is 32.0 Å². The summed E-state index contributed by atoms with van der Waals surface area (Å²) in [4.78, 5) is 1.38. The molecule has 0 bridgehead atoms. The Bertz CT molecular complexity index is 942. The highest BCUT2D eigenvalue weighted by atomic mass is 32.2. The zero-order chi connectivity index (χ0) is 19.5. The van der Waals surface area contributed by atoms with Crippen molar-refractivity contribution in [2.24, 2.45) is 0 Å². The van der Waals surface area contributed by atoms with E-state index in [0.29, 0.717) is 10.9 Å². The smallest absolute Gasteiger partial charge is 0.485 e. The highest BCUT2D eigenvalue weighted by Gasteiger charge is 2.36. The van der Waals surface area contributed by atoms with Gasteiger partial charge >= 0.3 is 5.51 Å². The molecule has 0 spiro atoms. The van der Waals surface area contributed by atoms with Gasteiger partial charge in [0.05, 0.1) is 0 Å². The SMILES string of the molecule is C[S+](C)c1ccc(-c2cc3ccccc3o2)cc1.O=S(=O)([O-])C(F)(F)F. The Labute approximate surface area is 151 Å². The number of furan rings is 1. The van der Waals surface area contributed by atoms with E-state index in [9.17, 15) is 13.2 Å². The van der Waals surface area contributed by atoms with E-state index in [1.165, 1.54) is 4.90 Å². The Morgan fingerprint density at radius 3 is 2.00 bits per heavy atom. The van der Waals surface area contributed by atoms with Crippen molar-refractivity contribution in [3.8, 4) is 11.3 Å². The van der Waals surface area contributed by atoms with Crippen LogP contribution >= 0.6 is 0 Å². The molecule has 0 aliphatic rings. The summed E-state index contributed by atoms with van der Waals surface area (Å²) >= 11 is 0. The molecule has 0 amide bonds. The fraction of sp³-hybridized carbons (Fsp3) is 0.176. The Balaban J connectivity index is 0.000000260. The van der Waals surface area contributed by atoms with Gasteiger partial charge in [0, 0.05) is 21.8 Å². The molecule has 0 atom stereocenters. The van der Waals surface area contributed by atoms with Crippen LogP contribution in [-0.2, 0) is 21.0 Å². The van der Waals surface area contributed by atoms with Crippen molar-refractivity contribution in [1.29, 1.82) is 0 Å². The van der Waals surface area contributed by atoms with Gasteiger partial charge in [0.25, 0.3) is 0 Å². The van der Waals surface area contributed by atoms with Gasteiger partial charge in [-0.25, -0.2) is 8.42 Å². The first kappa shape index (κ1) is 20.3. The molecule has 3 aromatic rings. The van der Waals surface area contributed by atoms with Crippen molar-refractivity contribution < 1.29 is 30.6 Å². The predicted molar refractivity (Wildman–Crippen MR) is 94.9 cm³/mol. The number of rotatable bonds is 2. The number of para-hydroxylation sites is 1. The molecule has 0 N–H and O–H groups in total. The van der Waals surface area contributed by atoms with Gasteiger partial charge in [-0.2, -0.15) is 13.2 Å². The zero-order valence-electron chi connectivity index (χ0n) is 13.8. The predicted octanol–water partition coefficient (Wildman–Crippen LogP) is 4.39. The first-order valence-corrected chi connectivity index (χ1v) is 10.6. The number of hydrogen-bond donors (Lipinski definition) is 0. The van der Waals surface area contributed by atoms with Crippen LogP contribution in [0.25, 0.3) is 22.3 Å². The van der Waals surface area contributed by atoms with E-state index in [4.69, 9.17) is 17.4 Å². The third-order valence-corrected chi connectivity index (χ3v) is 5.10. The van der Waals surface area contributed by atoms with Gasteiger partial charge in [0.1, 0.15) is 23.9 Å². The highest BCUT2D eigenvalue weighted by Crippen LogP contribution is 2.28. The Hall–Kier alpha value is -1.97. The second kappa shape index (κ2) is 7.73. The van der Waals surface area contributed by atoms with Crippen LogP contribution < -0.4 is 0 Å².